The summed E-state index contributed by atoms with van der Waals surface area (Å²) in [6, 6.07) is 13.1. The van der Waals surface area contributed by atoms with Crippen LogP contribution in [0.4, 0.5) is 0 Å². The molecule has 1 N–H and O–H groups in total. The Morgan fingerprint density at radius 3 is 2.60 bits per heavy atom. The van der Waals surface area contributed by atoms with Gasteiger partial charge < -0.3 is 19.2 Å². The summed E-state index contributed by atoms with van der Waals surface area (Å²) >= 11 is 5.98. The van der Waals surface area contributed by atoms with Crippen LogP contribution in [-0.4, -0.2) is 35.9 Å². The number of ether oxygens (including phenoxy) is 2. The second kappa shape index (κ2) is 10.6. The number of hydrogen-bond acceptors (Lipinski definition) is 6. The van der Waals surface area contributed by atoms with E-state index < -0.39 is 5.91 Å². The number of aromatic nitrogens is 2. The Labute approximate surface area is 180 Å². The van der Waals surface area contributed by atoms with Gasteiger partial charge in [-0.3, -0.25) is 4.79 Å². The molecule has 0 radical (unpaired) electrons. The fourth-order valence-corrected chi connectivity index (χ4v) is 3.10. The molecule has 0 unspecified atom stereocenters. The summed E-state index contributed by atoms with van der Waals surface area (Å²) in [5, 5.41) is 11.2. The van der Waals surface area contributed by atoms with Gasteiger partial charge in [-0.25, -0.2) is 0 Å². The summed E-state index contributed by atoms with van der Waals surface area (Å²) in [7, 11) is 0. The minimum atomic E-state index is -0.407. The molecular formula is C22H24ClN3O4. The van der Waals surface area contributed by atoms with Gasteiger partial charge in [-0.1, -0.05) is 29.8 Å². The molecule has 3 aromatic rings. The van der Waals surface area contributed by atoms with Gasteiger partial charge in [0.05, 0.1) is 19.6 Å². The zero-order valence-electron chi connectivity index (χ0n) is 17.0. The number of hydrogen-bond donors (Lipinski definition) is 1. The number of rotatable bonds is 10. The average Bonchev–Trinajstić information content (AvgIpc) is 3.19. The second-order valence-corrected chi connectivity index (χ2v) is 6.90. The molecule has 0 saturated heterocycles. The van der Waals surface area contributed by atoms with Gasteiger partial charge in [-0.15, -0.1) is 10.2 Å². The largest absolute Gasteiger partial charge is 0.490 e. The topological polar surface area (TPSA) is 86.5 Å². The van der Waals surface area contributed by atoms with E-state index in [1.807, 2.05) is 50.2 Å². The van der Waals surface area contributed by atoms with E-state index in [4.69, 9.17) is 25.5 Å². The van der Waals surface area contributed by atoms with Crippen LogP contribution < -0.4 is 14.8 Å². The van der Waals surface area contributed by atoms with Crippen molar-refractivity contribution in [3.8, 4) is 11.5 Å². The number of nitrogens with zero attached hydrogens (tertiary/aromatic N) is 2. The third-order valence-electron chi connectivity index (χ3n) is 4.21. The second-order valence-electron chi connectivity index (χ2n) is 6.46. The summed E-state index contributed by atoms with van der Waals surface area (Å²) in [5.74, 6) is 1.30. The van der Waals surface area contributed by atoms with Crippen LogP contribution in [0.1, 0.15) is 41.6 Å². The molecule has 0 aliphatic rings. The lowest BCUT2D eigenvalue weighted by Gasteiger charge is -2.12. The fourth-order valence-electron chi connectivity index (χ4n) is 2.89. The number of halogens is 1. The van der Waals surface area contributed by atoms with Crippen LogP contribution >= 0.6 is 11.6 Å². The van der Waals surface area contributed by atoms with Crippen LogP contribution in [0.5, 0.6) is 11.5 Å². The summed E-state index contributed by atoms with van der Waals surface area (Å²) < 4.78 is 16.7. The molecular weight excluding hydrogens is 406 g/mol. The molecule has 0 spiro atoms. The maximum absolute atomic E-state index is 12.3. The molecule has 0 aliphatic carbocycles. The van der Waals surface area contributed by atoms with Crippen LogP contribution in [-0.2, 0) is 12.8 Å². The van der Waals surface area contributed by atoms with Crippen molar-refractivity contribution in [2.24, 2.45) is 0 Å². The van der Waals surface area contributed by atoms with Gasteiger partial charge in [0.1, 0.15) is 0 Å². The van der Waals surface area contributed by atoms with Crippen molar-refractivity contribution < 1.29 is 18.7 Å². The van der Waals surface area contributed by atoms with Gasteiger partial charge in [-0.2, -0.15) is 0 Å². The van der Waals surface area contributed by atoms with Crippen LogP contribution in [0.25, 0.3) is 0 Å². The summed E-state index contributed by atoms with van der Waals surface area (Å²) in [6.45, 7) is 5.39. The Kier molecular flexibility index (Phi) is 7.68. The highest BCUT2D eigenvalue weighted by molar-refractivity contribution is 6.30. The van der Waals surface area contributed by atoms with Crippen molar-refractivity contribution >= 4 is 17.5 Å². The molecule has 1 aromatic heterocycles. The molecule has 3 rings (SSSR count). The van der Waals surface area contributed by atoms with Crippen LogP contribution in [0, 0.1) is 0 Å². The first-order valence-corrected chi connectivity index (χ1v) is 10.2. The molecule has 0 fully saturated rings. The molecule has 1 heterocycles. The zero-order valence-corrected chi connectivity index (χ0v) is 17.7. The van der Waals surface area contributed by atoms with Crippen molar-refractivity contribution in [2.75, 3.05) is 19.8 Å². The third kappa shape index (κ3) is 5.97. The molecule has 158 valence electrons. The van der Waals surface area contributed by atoms with Gasteiger partial charge >= 0.3 is 11.8 Å². The van der Waals surface area contributed by atoms with E-state index in [-0.39, 0.29) is 5.89 Å². The Morgan fingerprint density at radius 1 is 1.03 bits per heavy atom. The number of carbonyl (C=O) groups excluding carboxylic acids is 1. The van der Waals surface area contributed by atoms with Crippen molar-refractivity contribution in [1.29, 1.82) is 0 Å². The smallest absolute Gasteiger partial charge is 0.308 e. The van der Waals surface area contributed by atoms with Crippen LogP contribution in [0.15, 0.2) is 46.9 Å². The first-order valence-electron chi connectivity index (χ1n) is 9.82. The zero-order chi connectivity index (χ0) is 21.3. The van der Waals surface area contributed by atoms with Gasteiger partial charge in [0.15, 0.2) is 11.5 Å². The quantitative estimate of drug-likeness (QED) is 0.522. The Morgan fingerprint density at radius 2 is 1.83 bits per heavy atom. The first-order chi connectivity index (χ1) is 14.6. The lowest BCUT2D eigenvalue weighted by Crippen LogP contribution is -2.26. The van der Waals surface area contributed by atoms with E-state index >= 15 is 0 Å². The minimum absolute atomic E-state index is 0.0614. The van der Waals surface area contributed by atoms with E-state index in [0.29, 0.717) is 55.0 Å². The molecule has 0 bridgehead atoms. The Hall–Kier alpha value is -3.06. The van der Waals surface area contributed by atoms with E-state index in [0.717, 1.165) is 11.1 Å². The minimum Gasteiger partial charge on any atom is -0.490 e. The predicted octanol–water partition coefficient (Wildman–Crippen LogP) is 4.08. The van der Waals surface area contributed by atoms with Crippen molar-refractivity contribution in [3.63, 3.8) is 0 Å². The molecule has 8 heteroatoms. The summed E-state index contributed by atoms with van der Waals surface area (Å²) in [4.78, 5) is 12.3. The number of benzene rings is 2. The number of amides is 1. The molecule has 30 heavy (non-hydrogen) atoms. The Bertz CT molecular complexity index is 990. The molecule has 0 saturated carbocycles. The molecule has 0 atom stereocenters. The van der Waals surface area contributed by atoms with Gasteiger partial charge in [-0.05, 0) is 55.7 Å². The predicted molar refractivity (Wildman–Crippen MR) is 113 cm³/mol. The number of carbonyl (C=O) groups is 1. The van der Waals surface area contributed by atoms with Gasteiger partial charge in [0.2, 0.25) is 5.89 Å². The lowest BCUT2D eigenvalue weighted by molar-refractivity contribution is 0.0918. The maximum Gasteiger partial charge on any atom is 0.308 e. The highest BCUT2D eigenvalue weighted by Crippen LogP contribution is 2.28. The molecule has 0 aliphatic heterocycles. The average molecular weight is 430 g/mol. The molecule has 1 amide bonds. The normalized spacial score (nSPS) is 10.6. The number of nitrogens with one attached hydrogen (secondary N) is 1. The maximum atomic E-state index is 12.3. The SMILES string of the molecule is CCOc1ccc(CCNC(=O)c2nnc(Cc3cccc(Cl)c3)o2)cc1OCC. The van der Waals surface area contributed by atoms with E-state index in [9.17, 15) is 4.79 Å². The van der Waals surface area contributed by atoms with Crippen molar-refractivity contribution in [1.82, 2.24) is 15.5 Å². The van der Waals surface area contributed by atoms with E-state index in [2.05, 4.69) is 15.5 Å². The van der Waals surface area contributed by atoms with Gasteiger partial charge in [0.25, 0.3) is 0 Å². The first kappa shape index (κ1) is 21.6. The van der Waals surface area contributed by atoms with Crippen LogP contribution in [0.2, 0.25) is 5.02 Å². The Balaban J connectivity index is 1.53. The van der Waals surface area contributed by atoms with Gasteiger partial charge in [0, 0.05) is 11.6 Å². The van der Waals surface area contributed by atoms with E-state index in [1.165, 1.54) is 0 Å². The highest BCUT2D eigenvalue weighted by Gasteiger charge is 2.15. The lowest BCUT2D eigenvalue weighted by atomic mass is 10.1. The monoisotopic (exact) mass is 429 g/mol. The summed E-state index contributed by atoms with van der Waals surface area (Å²) in [5.41, 5.74) is 1.95. The molecule has 7 nitrogen and oxygen atoms in total. The molecule has 2 aromatic carbocycles. The summed E-state index contributed by atoms with van der Waals surface area (Å²) in [6.07, 6.45) is 1.04. The van der Waals surface area contributed by atoms with Crippen molar-refractivity contribution in [2.45, 2.75) is 26.7 Å². The van der Waals surface area contributed by atoms with Crippen LogP contribution in [0.3, 0.4) is 0 Å². The van der Waals surface area contributed by atoms with Crippen molar-refractivity contribution in [3.05, 3.63) is 70.4 Å². The fraction of sp³-hybridized carbons (Fsp3) is 0.318. The van der Waals surface area contributed by atoms with E-state index in [1.54, 1.807) is 6.07 Å². The third-order valence-corrected chi connectivity index (χ3v) is 4.45. The standard InChI is InChI=1S/C22H24ClN3O4/c1-3-28-18-9-8-15(13-19(18)29-4-2)10-11-24-21(27)22-26-25-20(30-22)14-16-6-5-7-17(23)12-16/h5-9,12-13H,3-4,10-11,14H2,1-2H3,(H,24,27). The highest BCUT2D eigenvalue weighted by atomic mass is 35.5.